The zero-order valence-electron chi connectivity index (χ0n) is 12.6. The van der Waals surface area contributed by atoms with Crippen LogP contribution in [0.5, 0.6) is 0 Å². The number of hydrogen-bond donors (Lipinski definition) is 0. The molecule has 0 heterocycles. The Balaban J connectivity index is 1.71. The second-order valence-corrected chi connectivity index (χ2v) is 8.15. The first-order valence-electron chi connectivity index (χ1n) is 8.51. The van der Waals surface area contributed by atoms with Crippen molar-refractivity contribution in [2.24, 2.45) is 28.6 Å². The van der Waals surface area contributed by atoms with Crippen LogP contribution in [-0.4, -0.2) is 0 Å². The lowest BCUT2D eigenvalue weighted by Gasteiger charge is -2.56. The smallest absolute Gasteiger partial charge is 0.00853 e. The fraction of sp³-hybridized carbons (Fsp3) is 0.789. The molecule has 2 saturated carbocycles. The van der Waals surface area contributed by atoms with Gasteiger partial charge in [0.05, 0.1) is 0 Å². The predicted octanol–water partition coefficient (Wildman–Crippen LogP) is 5.51. The summed E-state index contributed by atoms with van der Waals surface area (Å²) in [4.78, 5) is 0. The summed E-state index contributed by atoms with van der Waals surface area (Å²) in [6.45, 7) is 5.14. The van der Waals surface area contributed by atoms with Crippen molar-refractivity contribution in [1.29, 1.82) is 0 Å². The highest BCUT2D eigenvalue weighted by molar-refractivity contribution is 5.25. The fourth-order valence-electron chi connectivity index (χ4n) is 6.18. The second-order valence-electron chi connectivity index (χ2n) is 8.15. The van der Waals surface area contributed by atoms with Gasteiger partial charge >= 0.3 is 0 Å². The van der Waals surface area contributed by atoms with Crippen LogP contribution in [0.1, 0.15) is 65.2 Å². The Hall–Kier alpha value is -0.520. The van der Waals surface area contributed by atoms with E-state index in [9.17, 15) is 0 Å². The third kappa shape index (κ3) is 1.58. The summed E-state index contributed by atoms with van der Waals surface area (Å²) < 4.78 is 0. The molecule has 5 atom stereocenters. The van der Waals surface area contributed by atoms with E-state index in [1.807, 2.05) is 5.57 Å². The molecular formula is C19H28. The molecule has 0 aromatic carbocycles. The number of fused-ring (bicyclic) bond motifs is 5. The van der Waals surface area contributed by atoms with Gasteiger partial charge in [0.2, 0.25) is 0 Å². The maximum absolute atomic E-state index is 2.67. The van der Waals surface area contributed by atoms with Crippen LogP contribution in [0.15, 0.2) is 23.8 Å². The van der Waals surface area contributed by atoms with E-state index in [1.165, 1.54) is 51.4 Å². The number of hydrogen-bond acceptors (Lipinski definition) is 0. The molecule has 0 heteroatoms. The van der Waals surface area contributed by atoms with Crippen LogP contribution in [0, 0.1) is 28.6 Å². The Morgan fingerprint density at radius 1 is 1.05 bits per heavy atom. The summed E-state index contributed by atoms with van der Waals surface area (Å²) in [5.41, 5.74) is 2.96. The minimum atomic E-state index is 0.539. The van der Waals surface area contributed by atoms with E-state index >= 15 is 0 Å². The van der Waals surface area contributed by atoms with Crippen molar-refractivity contribution in [3.8, 4) is 0 Å². The lowest BCUT2D eigenvalue weighted by Crippen LogP contribution is -2.48. The summed E-state index contributed by atoms with van der Waals surface area (Å²) in [6.07, 6.45) is 19.2. The van der Waals surface area contributed by atoms with Crippen LogP contribution in [0.25, 0.3) is 0 Å². The Morgan fingerprint density at radius 3 is 2.84 bits per heavy atom. The van der Waals surface area contributed by atoms with E-state index in [0.717, 1.165) is 17.8 Å². The van der Waals surface area contributed by atoms with Gasteiger partial charge in [0, 0.05) is 0 Å². The standard InChI is InChI=1S/C19H28/c1-18-11-5-7-16(18)15-9-8-14-6-3-4-12-19(14,2)17(15)10-13-18/h5,8,11,15-17H,3-4,6-7,9-10,12-13H2,1-2H3/t15-,16-,17-,18+,19-/m0/s1. The molecule has 0 aromatic rings. The first-order valence-corrected chi connectivity index (χ1v) is 8.51. The lowest BCUT2D eigenvalue weighted by molar-refractivity contribution is -0.0130. The molecule has 4 rings (SSSR count). The molecule has 4 aliphatic rings. The van der Waals surface area contributed by atoms with Crippen LogP contribution >= 0.6 is 0 Å². The third-order valence-corrected chi connectivity index (χ3v) is 7.34. The van der Waals surface area contributed by atoms with Gasteiger partial charge in [-0.05, 0) is 73.5 Å². The minimum Gasteiger partial charge on any atom is -0.0877 e. The van der Waals surface area contributed by atoms with E-state index in [4.69, 9.17) is 0 Å². The van der Waals surface area contributed by atoms with Gasteiger partial charge in [-0.1, -0.05) is 44.1 Å². The molecule has 0 nitrogen and oxygen atoms in total. The van der Waals surface area contributed by atoms with Crippen LogP contribution in [-0.2, 0) is 0 Å². The fourth-order valence-corrected chi connectivity index (χ4v) is 6.18. The summed E-state index contributed by atoms with van der Waals surface area (Å²) in [7, 11) is 0. The topological polar surface area (TPSA) is 0 Å². The molecule has 0 radical (unpaired) electrons. The Morgan fingerprint density at radius 2 is 1.95 bits per heavy atom. The zero-order valence-corrected chi connectivity index (χ0v) is 12.6. The van der Waals surface area contributed by atoms with Crippen LogP contribution in [0.3, 0.4) is 0 Å². The maximum Gasteiger partial charge on any atom is -0.00853 e. The molecule has 0 bridgehead atoms. The van der Waals surface area contributed by atoms with Crippen LogP contribution in [0.2, 0.25) is 0 Å². The molecule has 0 N–H and O–H groups in total. The van der Waals surface area contributed by atoms with Gasteiger partial charge in [0.15, 0.2) is 0 Å². The Bertz CT molecular complexity index is 443. The normalized spacial score (nSPS) is 52.1. The molecule has 0 aliphatic heterocycles. The summed E-state index contributed by atoms with van der Waals surface area (Å²) in [6, 6.07) is 0. The van der Waals surface area contributed by atoms with Crippen molar-refractivity contribution < 1.29 is 0 Å². The van der Waals surface area contributed by atoms with E-state index in [1.54, 1.807) is 0 Å². The van der Waals surface area contributed by atoms with E-state index in [2.05, 4.69) is 32.1 Å². The predicted molar refractivity (Wildman–Crippen MR) is 80.8 cm³/mol. The van der Waals surface area contributed by atoms with Gasteiger partial charge in [0.25, 0.3) is 0 Å². The SMILES string of the molecule is C[C@]12CCCCC1=CC[C@@H]1[C@@H]2CC[C@@]2(C)C=CC[C@@H]12. The van der Waals surface area contributed by atoms with Crippen molar-refractivity contribution >= 4 is 0 Å². The lowest BCUT2D eigenvalue weighted by atomic mass is 9.48. The van der Waals surface area contributed by atoms with Gasteiger partial charge in [-0.2, -0.15) is 0 Å². The molecule has 0 unspecified atom stereocenters. The molecule has 19 heavy (non-hydrogen) atoms. The average molecular weight is 256 g/mol. The first kappa shape index (κ1) is 12.2. The molecule has 2 fully saturated rings. The highest BCUT2D eigenvalue weighted by Crippen LogP contribution is 2.63. The average Bonchev–Trinajstić information content (AvgIpc) is 2.79. The molecule has 0 aromatic heterocycles. The monoisotopic (exact) mass is 256 g/mol. The van der Waals surface area contributed by atoms with Gasteiger partial charge < -0.3 is 0 Å². The van der Waals surface area contributed by atoms with Crippen molar-refractivity contribution in [2.75, 3.05) is 0 Å². The molecule has 0 saturated heterocycles. The molecule has 0 spiro atoms. The zero-order chi connectivity index (χ0) is 13.1. The van der Waals surface area contributed by atoms with E-state index < -0.39 is 0 Å². The minimum absolute atomic E-state index is 0.539. The highest BCUT2D eigenvalue weighted by atomic mass is 14.6. The number of allylic oxidation sites excluding steroid dienone is 4. The van der Waals surface area contributed by atoms with Gasteiger partial charge in [-0.25, -0.2) is 0 Å². The van der Waals surface area contributed by atoms with Crippen molar-refractivity contribution in [2.45, 2.75) is 65.2 Å². The van der Waals surface area contributed by atoms with Gasteiger partial charge in [-0.15, -0.1) is 0 Å². The highest BCUT2D eigenvalue weighted by Gasteiger charge is 2.53. The third-order valence-electron chi connectivity index (χ3n) is 7.34. The number of rotatable bonds is 0. The summed E-state index contributed by atoms with van der Waals surface area (Å²) >= 11 is 0. The molecule has 4 aliphatic carbocycles. The van der Waals surface area contributed by atoms with Crippen molar-refractivity contribution in [3.63, 3.8) is 0 Å². The van der Waals surface area contributed by atoms with Crippen LogP contribution in [0.4, 0.5) is 0 Å². The Kier molecular flexibility index (Phi) is 2.57. The summed E-state index contributed by atoms with van der Waals surface area (Å²) in [5.74, 6) is 2.91. The first-order chi connectivity index (χ1) is 9.13. The molecule has 104 valence electrons. The van der Waals surface area contributed by atoms with E-state index in [0.29, 0.717) is 10.8 Å². The van der Waals surface area contributed by atoms with Crippen LogP contribution < -0.4 is 0 Å². The van der Waals surface area contributed by atoms with Crippen molar-refractivity contribution in [1.82, 2.24) is 0 Å². The quantitative estimate of drug-likeness (QED) is 0.502. The van der Waals surface area contributed by atoms with E-state index in [-0.39, 0.29) is 0 Å². The van der Waals surface area contributed by atoms with Crippen molar-refractivity contribution in [3.05, 3.63) is 23.8 Å². The second kappa shape index (κ2) is 3.99. The van der Waals surface area contributed by atoms with Gasteiger partial charge in [0.1, 0.15) is 0 Å². The largest absolute Gasteiger partial charge is 0.0877 e. The Labute approximate surface area is 118 Å². The molecule has 0 amide bonds. The summed E-state index contributed by atoms with van der Waals surface area (Å²) in [5, 5.41) is 0. The van der Waals surface area contributed by atoms with Gasteiger partial charge in [-0.3, -0.25) is 0 Å². The molecular weight excluding hydrogens is 228 g/mol. The maximum atomic E-state index is 2.67.